The maximum absolute atomic E-state index is 6.09. The molecule has 0 aliphatic heterocycles. The fraction of sp³-hybridized carbons (Fsp3) is 0.583. The predicted octanol–water partition coefficient (Wildman–Crippen LogP) is 3.67. The van der Waals surface area contributed by atoms with E-state index in [0.717, 1.165) is 22.4 Å². The van der Waals surface area contributed by atoms with Gasteiger partial charge in [0.05, 0.1) is 0 Å². The molecule has 1 rings (SSSR count). The van der Waals surface area contributed by atoms with Gasteiger partial charge in [0.15, 0.2) is 0 Å². The van der Waals surface area contributed by atoms with Crippen molar-refractivity contribution in [2.45, 2.75) is 39.2 Å². The maximum Gasteiger partial charge on any atom is 0.0410 e. The van der Waals surface area contributed by atoms with E-state index in [9.17, 15) is 0 Å². The molecule has 1 atom stereocenters. The number of nitrogens with two attached hydrogens (primary N) is 1. The Morgan fingerprint density at radius 3 is 2.67 bits per heavy atom. The van der Waals surface area contributed by atoms with Crippen molar-refractivity contribution in [3.63, 3.8) is 0 Å². The lowest BCUT2D eigenvalue weighted by atomic mass is 10.00. The minimum Gasteiger partial charge on any atom is -0.324 e. The number of hydrogen-bond acceptors (Lipinski definition) is 2. The lowest BCUT2D eigenvalue weighted by molar-refractivity contribution is 0.505. The van der Waals surface area contributed by atoms with Crippen LogP contribution in [0.3, 0.4) is 0 Å². The highest BCUT2D eigenvalue weighted by molar-refractivity contribution is 9.10. The van der Waals surface area contributed by atoms with Crippen molar-refractivity contribution >= 4 is 15.9 Å². The van der Waals surface area contributed by atoms with Gasteiger partial charge in [-0.25, -0.2) is 0 Å². The van der Waals surface area contributed by atoms with Crippen molar-refractivity contribution in [2.24, 2.45) is 11.7 Å². The summed E-state index contributed by atoms with van der Waals surface area (Å²) in [5, 5.41) is 0. The summed E-state index contributed by atoms with van der Waals surface area (Å²) in [4.78, 5) is 4.12. The molecule has 1 aromatic heterocycles. The van der Waals surface area contributed by atoms with E-state index >= 15 is 0 Å². The van der Waals surface area contributed by atoms with Crippen LogP contribution in [0.4, 0.5) is 0 Å². The summed E-state index contributed by atoms with van der Waals surface area (Å²) < 4.78 is 0.999. The zero-order valence-electron chi connectivity index (χ0n) is 9.41. The minimum atomic E-state index is 0.119. The Labute approximate surface area is 100 Å². The summed E-state index contributed by atoms with van der Waals surface area (Å²) in [5.41, 5.74) is 7.21. The van der Waals surface area contributed by atoms with Gasteiger partial charge in [-0.3, -0.25) is 4.98 Å². The first-order valence-electron chi connectivity index (χ1n) is 5.45. The summed E-state index contributed by atoms with van der Waals surface area (Å²) in [5.74, 6) is 0.762. The molecule has 0 aromatic carbocycles. The van der Waals surface area contributed by atoms with Crippen molar-refractivity contribution in [2.75, 3.05) is 0 Å². The second kappa shape index (κ2) is 6.23. The van der Waals surface area contributed by atoms with Crippen molar-refractivity contribution in [1.29, 1.82) is 0 Å². The molecule has 84 valence electrons. The first-order chi connectivity index (χ1) is 7.09. The van der Waals surface area contributed by atoms with E-state index in [2.05, 4.69) is 34.8 Å². The van der Waals surface area contributed by atoms with Gasteiger partial charge in [0.1, 0.15) is 0 Å². The molecule has 0 saturated heterocycles. The molecule has 1 heterocycles. The third-order valence-electron chi connectivity index (χ3n) is 2.45. The zero-order chi connectivity index (χ0) is 11.3. The molecule has 1 unspecified atom stereocenters. The van der Waals surface area contributed by atoms with E-state index in [1.807, 2.05) is 12.3 Å². The molecule has 0 saturated carbocycles. The Balaban J connectivity index is 2.43. The largest absolute Gasteiger partial charge is 0.324 e. The molecule has 0 aliphatic rings. The van der Waals surface area contributed by atoms with Gasteiger partial charge in [0.25, 0.3) is 0 Å². The van der Waals surface area contributed by atoms with Gasteiger partial charge in [0.2, 0.25) is 0 Å². The first-order valence-corrected chi connectivity index (χ1v) is 6.25. The Kier molecular flexibility index (Phi) is 5.26. The van der Waals surface area contributed by atoms with Crippen molar-refractivity contribution in [3.8, 4) is 0 Å². The number of pyridine rings is 1. The fourth-order valence-electron chi connectivity index (χ4n) is 1.54. The van der Waals surface area contributed by atoms with Crippen molar-refractivity contribution in [3.05, 3.63) is 28.5 Å². The molecule has 15 heavy (non-hydrogen) atoms. The highest BCUT2D eigenvalue weighted by Gasteiger charge is 2.06. The van der Waals surface area contributed by atoms with Gasteiger partial charge in [-0.05, 0) is 39.9 Å². The average molecular weight is 271 g/mol. The van der Waals surface area contributed by atoms with E-state index in [0.29, 0.717) is 0 Å². The Morgan fingerprint density at radius 2 is 2.07 bits per heavy atom. The highest BCUT2D eigenvalue weighted by atomic mass is 79.9. The topological polar surface area (TPSA) is 38.9 Å². The summed E-state index contributed by atoms with van der Waals surface area (Å²) >= 11 is 3.40. The fourth-order valence-corrected chi connectivity index (χ4v) is 1.93. The van der Waals surface area contributed by atoms with Gasteiger partial charge in [-0.15, -0.1) is 0 Å². The summed E-state index contributed by atoms with van der Waals surface area (Å²) in [6, 6.07) is 2.17. The molecule has 0 bridgehead atoms. The van der Waals surface area contributed by atoms with Crippen LogP contribution in [0, 0.1) is 5.92 Å². The van der Waals surface area contributed by atoms with Crippen LogP contribution in [0.25, 0.3) is 0 Å². The van der Waals surface area contributed by atoms with Crippen LogP contribution in [-0.2, 0) is 0 Å². The van der Waals surface area contributed by atoms with Crippen LogP contribution in [0.1, 0.15) is 44.7 Å². The Bertz CT molecular complexity index is 299. The van der Waals surface area contributed by atoms with Crippen molar-refractivity contribution in [1.82, 2.24) is 4.98 Å². The zero-order valence-corrected chi connectivity index (χ0v) is 11.0. The Hall–Kier alpha value is -0.410. The molecular weight excluding hydrogens is 252 g/mol. The molecule has 2 N–H and O–H groups in total. The van der Waals surface area contributed by atoms with Crippen LogP contribution in [0.5, 0.6) is 0 Å². The Morgan fingerprint density at radius 1 is 1.33 bits per heavy atom. The molecular formula is C12H19BrN2. The second-order valence-electron chi connectivity index (χ2n) is 4.37. The maximum atomic E-state index is 6.09. The van der Waals surface area contributed by atoms with Crippen molar-refractivity contribution < 1.29 is 0 Å². The molecule has 3 heteroatoms. The second-order valence-corrected chi connectivity index (χ2v) is 5.28. The molecule has 0 amide bonds. The number of hydrogen-bond donors (Lipinski definition) is 1. The highest BCUT2D eigenvalue weighted by Crippen LogP contribution is 2.20. The van der Waals surface area contributed by atoms with Crippen LogP contribution < -0.4 is 5.73 Å². The lowest BCUT2D eigenvalue weighted by Gasteiger charge is -2.12. The standard InChI is InChI=1S/C12H19BrN2/c1-9(2)4-3-5-12(14)10-6-11(13)8-15-7-10/h6-9,12H,3-5,14H2,1-2H3. The van der Waals surface area contributed by atoms with Gasteiger partial charge >= 0.3 is 0 Å². The molecule has 1 aromatic rings. The number of halogens is 1. The third-order valence-corrected chi connectivity index (χ3v) is 2.88. The molecule has 0 aliphatic carbocycles. The lowest BCUT2D eigenvalue weighted by Crippen LogP contribution is -2.10. The van der Waals surface area contributed by atoms with Gasteiger partial charge in [-0.1, -0.05) is 26.7 Å². The van der Waals surface area contributed by atoms with Crippen LogP contribution in [0.15, 0.2) is 22.9 Å². The van der Waals surface area contributed by atoms with Crippen LogP contribution in [0.2, 0.25) is 0 Å². The van der Waals surface area contributed by atoms with E-state index < -0.39 is 0 Å². The number of rotatable bonds is 5. The SMILES string of the molecule is CC(C)CCCC(N)c1cncc(Br)c1. The smallest absolute Gasteiger partial charge is 0.0410 e. The number of aromatic nitrogens is 1. The normalized spacial score (nSPS) is 13.1. The molecule has 0 spiro atoms. The van der Waals surface area contributed by atoms with Crippen LogP contribution in [-0.4, -0.2) is 4.98 Å². The van der Waals surface area contributed by atoms with E-state index in [4.69, 9.17) is 5.73 Å². The molecule has 2 nitrogen and oxygen atoms in total. The molecule has 0 fully saturated rings. The average Bonchev–Trinajstić information content (AvgIpc) is 2.17. The van der Waals surface area contributed by atoms with Crippen LogP contribution >= 0.6 is 15.9 Å². The quantitative estimate of drug-likeness (QED) is 0.887. The van der Waals surface area contributed by atoms with Gasteiger partial charge < -0.3 is 5.73 Å². The predicted molar refractivity (Wildman–Crippen MR) is 67.6 cm³/mol. The van der Waals surface area contributed by atoms with E-state index in [1.54, 1.807) is 6.20 Å². The van der Waals surface area contributed by atoms with E-state index in [-0.39, 0.29) is 6.04 Å². The number of nitrogens with zero attached hydrogens (tertiary/aromatic N) is 1. The first kappa shape index (κ1) is 12.7. The van der Waals surface area contributed by atoms with Gasteiger partial charge in [-0.2, -0.15) is 0 Å². The minimum absolute atomic E-state index is 0.119. The summed E-state index contributed by atoms with van der Waals surface area (Å²) in [6.07, 6.45) is 7.10. The van der Waals surface area contributed by atoms with E-state index in [1.165, 1.54) is 12.8 Å². The summed E-state index contributed by atoms with van der Waals surface area (Å²) in [6.45, 7) is 4.48. The monoisotopic (exact) mass is 270 g/mol. The molecule has 0 radical (unpaired) electrons. The van der Waals surface area contributed by atoms with Gasteiger partial charge in [0, 0.05) is 22.9 Å². The third kappa shape index (κ3) is 4.76. The summed E-state index contributed by atoms with van der Waals surface area (Å²) in [7, 11) is 0.